The molecule has 10 heteroatoms. The first-order chi connectivity index (χ1) is 22.4. The summed E-state index contributed by atoms with van der Waals surface area (Å²) in [5.41, 5.74) is 4.39. The van der Waals surface area contributed by atoms with Crippen LogP contribution in [-0.2, 0) is 16.1 Å². The normalized spacial score (nSPS) is 14.6. The van der Waals surface area contributed by atoms with Gasteiger partial charge in [-0.05, 0) is 62.7 Å². The molecular weight excluding hydrogens is 602 g/mol. The van der Waals surface area contributed by atoms with Gasteiger partial charge >= 0.3 is 5.97 Å². The van der Waals surface area contributed by atoms with Crippen molar-refractivity contribution in [2.75, 3.05) is 27.4 Å². The smallest absolute Gasteiger partial charge is 0.338 e. The number of carbonyl (C=O) groups is 1. The highest BCUT2D eigenvalue weighted by molar-refractivity contribution is 7.07. The van der Waals surface area contributed by atoms with E-state index in [9.17, 15) is 9.59 Å². The molecular formula is C36H35N3O6S. The van der Waals surface area contributed by atoms with Crippen molar-refractivity contribution in [2.45, 2.75) is 33.4 Å². The van der Waals surface area contributed by atoms with Gasteiger partial charge in [-0.15, -0.1) is 0 Å². The molecule has 6 rings (SSSR count). The number of allylic oxidation sites excluding steroid dienone is 1. The number of rotatable bonds is 10. The Morgan fingerprint density at radius 2 is 1.67 bits per heavy atom. The minimum Gasteiger partial charge on any atom is -0.497 e. The average Bonchev–Trinajstić information content (AvgIpc) is 3.52. The standard InChI is InChI=1S/C36H35N3O6S/c1-6-44-35(41)32-22(2)37-36-39(33(32)24-15-17-25(42-4)18-16-24)34(40)31(46-36)21-27-23(3)38(28-12-8-7-11-26(27)28)19-20-45-30-14-10-9-13-29(30)43-5/h7-18,21,33H,6,19-20H2,1-5H3/b31-21+/t33-/m0/s1. The van der Waals surface area contributed by atoms with Gasteiger partial charge in [-0.2, -0.15) is 0 Å². The minimum absolute atomic E-state index is 0.211. The van der Waals surface area contributed by atoms with Gasteiger partial charge in [-0.1, -0.05) is 53.8 Å². The van der Waals surface area contributed by atoms with Gasteiger partial charge in [0.1, 0.15) is 12.4 Å². The molecule has 0 N–H and O–H groups in total. The lowest BCUT2D eigenvalue weighted by molar-refractivity contribution is -0.139. The van der Waals surface area contributed by atoms with Crippen molar-refractivity contribution in [3.05, 3.63) is 121 Å². The number of fused-ring (bicyclic) bond motifs is 2. The fourth-order valence-electron chi connectivity index (χ4n) is 5.94. The highest BCUT2D eigenvalue weighted by Gasteiger charge is 2.33. The summed E-state index contributed by atoms with van der Waals surface area (Å²) in [5.74, 6) is 1.55. The molecule has 3 aromatic carbocycles. The number of hydrogen-bond acceptors (Lipinski definition) is 8. The van der Waals surface area contributed by atoms with Gasteiger partial charge in [-0.3, -0.25) is 9.36 Å². The van der Waals surface area contributed by atoms with E-state index in [0.717, 1.165) is 27.7 Å². The molecule has 2 aromatic heterocycles. The van der Waals surface area contributed by atoms with Crippen LogP contribution in [0.5, 0.6) is 17.2 Å². The summed E-state index contributed by atoms with van der Waals surface area (Å²) in [4.78, 5) is 32.7. The Morgan fingerprint density at radius 1 is 0.957 bits per heavy atom. The number of carbonyl (C=O) groups excluding carboxylic acids is 1. The summed E-state index contributed by atoms with van der Waals surface area (Å²) in [5, 5.41) is 1.03. The van der Waals surface area contributed by atoms with Crippen molar-refractivity contribution in [3.8, 4) is 17.2 Å². The fourth-order valence-corrected chi connectivity index (χ4v) is 6.97. The molecule has 3 heterocycles. The van der Waals surface area contributed by atoms with E-state index >= 15 is 0 Å². The van der Waals surface area contributed by atoms with Crippen LogP contribution < -0.4 is 29.1 Å². The van der Waals surface area contributed by atoms with Crippen molar-refractivity contribution in [1.82, 2.24) is 9.13 Å². The number of methoxy groups -OCH3 is 2. The Hall–Kier alpha value is -5.09. The summed E-state index contributed by atoms with van der Waals surface area (Å²) in [6.45, 7) is 6.83. The number of benzene rings is 3. The molecule has 0 bridgehead atoms. The molecule has 0 aliphatic carbocycles. The van der Waals surface area contributed by atoms with Gasteiger partial charge in [0.15, 0.2) is 16.3 Å². The number of thiazole rings is 1. The molecule has 1 aliphatic heterocycles. The van der Waals surface area contributed by atoms with E-state index in [2.05, 4.69) is 23.6 Å². The number of para-hydroxylation sites is 3. The van der Waals surface area contributed by atoms with Crippen LogP contribution in [0.3, 0.4) is 0 Å². The number of nitrogens with zero attached hydrogens (tertiary/aromatic N) is 3. The molecule has 0 amide bonds. The fraction of sp³-hybridized carbons (Fsp3) is 0.250. The van der Waals surface area contributed by atoms with Gasteiger partial charge in [0, 0.05) is 22.2 Å². The van der Waals surface area contributed by atoms with E-state index in [4.69, 9.17) is 23.9 Å². The second-order valence-electron chi connectivity index (χ2n) is 10.7. The third-order valence-corrected chi connectivity index (χ3v) is 9.13. The third kappa shape index (κ3) is 5.60. The van der Waals surface area contributed by atoms with Crippen LogP contribution in [-0.4, -0.2) is 42.5 Å². The van der Waals surface area contributed by atoms with Crippen molar-refractivity contribution in [1.29, 1.82) is 0 Å². The zero-order chi connectivity index (χ0) is 32.4. The quantitative estimate of drug-likeness (QED) is 0.197. The molecule has 0 unspecified atom stereocenters. The predicted molar refractivity (Wildman–Crippen MR) is 179 cm³/mol. The lowest BCUT2D eigenvalue weighted by Crippen LogP contribution is -2.39. The number of hydrogen-bond donors (Lipinski definition) is 0. The van der Waals surface area contributed by atoms with E-state index in [-0.39, 0.29) is 12.2 Å². The molecule has 0 spiro atoms. The maximum atomic E-state index is 14.2. The molecule has 0 saturated heterocycles. The molecule has 9 nitrogen and oxygen atoms in total. The molecule has 46 heavy (non-hydrogen) atoms. The van der Waals surface area contributed by atoms with E-state index in [1.54, 1.807) is 32.6 Å². The zero-order valence-electron chi connectivity index (χ0n) is 26.4. The zero-order valence-corrected chi connectivity index (χ0v) is 27.2. The van der Waals surface area contributed by atoms with Crippen LogP contribution in [0.2, 0.25) is 0 Å². The maximum absolute atomic E-state index is 14.2. The Morgan fingerprint density at radius 3 is 2.39 bits per heavy atom. The molecule has 5 aromatic rings. The van der Waals surface area contributed by atoms with Crippen LogP contribution in [0.1, 0.15) is 36.7 Å². The van der Waals surface area contributed by atoms with E-state index in [1.807, 2.05) is 66.7 Å². The molecule has 236 valence electrons. The molecule has 0 fully saturated rings. The van der Waals surface area contributed by atoms with E-state index < -0.39 is 12.0 Å². The largest absolute Gasteiger partial charge is 0.497 e. The predicted octanol–water partition coefficient (Wildman–Crippen LogP) is 5.16. The first kappa shape index (κ1) is 30.9. The van der Waals surface area contributed by atoms with Gasteiger partial charge in [0.2, 0.25) is 0 Å². The summed E-state index contributed by atoms with van der Waals surface area (Å²) in [6, 6.07) is 22.4. The summed E-state index contributed by atoms with van der Waals surface area (Å²) in [6.07, 6.45) is 1.94. The third-order valence-electron chi connectivity index (χ3n) is 8.15. The Bertz CT molecular complexity index is 2140. The Balaban J connectivity index is 1.44. The van der Waals surface area contributed by atoms with Crippen LogP contribution in [0.25, 0.3) is 17.0 Å². The highest BCUT2D eigenvalue weighted by Crippen LogP contribution is 2.32. The summed E-state index contributed by atoms with van der Waals surface area (Å²) < 4.78 is 26.6. The van der Waals surface area contributed by atoms with Crippen molar-refractivity contribution in [3.63, 3.8) is 0 Å². The monoisotopic (exact) mass is 637 g/mol. The molecule has 0 saturated carbocycles. The molecule has 1 atom stereocenters. The van der Waals surface area contributed by atoms with E-state index in [1.165, 1.54) is 11.3 Å². The van der Waals surface area contributed by atoms with Gasteiger partial charge < -0.3 is 23.5 Å². The summed E-state index contributed by atoms with van der Waals surface area (Å²) in [7, 11) is 3.22. The second-order valence-corrected chi connectivity index (χ2v) is 11.8. The second kappa shape index (κ2) is 13.1. The number of esters is 1. The van der Waals surface area contributed by atoms with Gasteiger partial charge in [-0.25, -0.2) is 9.79 Å². The van der Waals surface area contributed by atoms with Crippen molar-refractivity contribution < 1.29 is 23.7 Å². The van der Waals surface area contributed by atoms with Gasteiger partial charge in [0.25, 0.3) is 5.56 Å². The molecule has 1 aliphatic rings. The lowest BCUT2D eigenvalue weighted by atomic mass is 9.96. The first-order valence-corrected chi connectivity index (χ1v) is 15.8. The van der Waals surface area contributed by atoms with Crippen LogP contribution in [0.4, 0.5) is 0 Å². The lowest BCUT2D eigenvalue weighted by Gasteiger charge is -2.24. The molecule has 0 radical (unpaired) electrons. The number of ether oxygens (including phenoxy) is 4. The topological polar surface area (TPSA) is 93.3 Å². The first-order valence-electron chi connectivity index (χ1n) is 15.0. The average molecular weight is 638 g/mol. The van der Waals surface area contributed by atoms with Crippen LogP contribution in [0.15, 0.2) is 93.9 Å². The van der Waals surface area contributed by atoms with Crippen LogP contribution >= 0.6 is 11.3 Å². The van der Waals surface area contributed by atoms with Crippen molar-refractivity contribution >= 4 is 34.3 Å². The SMILES string of the molecule is CCOC(=O)C1=C(C)N=c2s/c(=C/c3c(C)n(CCOc4ccccc4OC)c4ccccc34)c(=O)n2[C@H]1c1ccc(OC)cc1. The maximum Gasteiger partial charge on any atom is 0.338 e. The summed E-state index contributed by atoms with van der Waals surface area (Å²) >= 11 is 1.31. The van der Waals surface area contributed by atoms with Gasteiger partial charge in [0.05, 0.1) is 49.2 Å². The highest BCUT2D eigenvalue weighted by atomic mass is 32.1. The van der Waals surface area contributed by atoms with E-state index in [0.29, 0.717) is 51.0 Å². The Kier molecular flexibility index (Phi) is 8.81. The minimum atomic E-state index is -0.696. The Labute approximate surface area is 270 Å². The van der Waals surface area contributed by atoms with Crippen molar-refractivity contribution in [2.24, 2.45) is 4.99 Å². The van der Waals surface area contributed by atoms with Crippen LogP contribution in [0, 0.1) is 6.92 Å². The number of aromatic nitrogens is 2.